The Morgan fingerprint density at radius 1 is 1.67 bits per heavy atom. The van der Waals surface area contributed by atoms with Crippen LogP contribution in [-0.2, 0) is 16.4 Å². The van der Waals surface area contributed by atoms with E-state index in [9.17, 15) is 8.42 Å². The second-order valence-corrected chi connectivity index (χ2v) is 5.44. The molecule has 0 spiro atoms. The predicted molar refractivity (Wildman–Crippen MR) is 55.8 cm³/mol. The molecular weight excluding hydrogens is 218 g/mol. The lowest BCUT2D eigenvalue weighted by molar-refractivity contribution is 0.295. The predicted octanol–water partition coefficient (Wildman–Crippen LogP) is -0.748. The number of imidazole rings is 1. The van der Waals surface area contributed by atoms with E-state index in [1.165, 1.54) is 6.92 Å². The van der Waals surface area contributed by atoms with Crippen LogP contribution in [0, 0.1) is 0 Å². The Kier molecular flexibility index (Phi) is 4.25. The Morgan fingerprint density at radius 3 is 2.93 bits per heavy atom. The molecule has 0 aliphatic heterocycles. The molecule has 0 aromatic carbocycles. The van der Waals surface area contributed by atoms with Gasteiger partial charge in [0, 0.05) is 24.9 Å². The molecule has 6 nitrogen and oxygen atoms in total. The van der Waals surface area contributed by atoms with E-state index in [0.717, 1.165) is 5.69 Å². The molecule has 0 aliphatic rings. The largest absolute Gasteiger partial charge is 0.395 e. The van der Waals surface area contributed by atoms with Crippen LogP contribution in [0.5, 0.6) is 0 Å². The highest BCUT2D eigenvalue weighted by Gasteiger charge is 2.18. The van der Waals surface area contributed by atoms with Crippen molar-refractivity contribution in [3.8, 4) is 0 Å². The van der Waals surface area contributed by atoms with Crippen LogP contribution in [-0.4, -0.2) is 41.9 Å². The lowest BCUT2D eigenvalue weighted by Gasteiger charge is -2.10. The molecule has 1 atom stereocenters. The van der Waals surface area contributed by atoms with Gasteiger partial charge in [0.15, 0.2) is 0 Å². The Hall–Kier alpha value is -0.920. The van der Waals surface area contributed by atoms with Gasteiger partial charge in [-0.15, -0.1) is 0 Å². The van der Waals surface area contributed by atoms with Gasteiger partial charge in [-0.1, -0.05) is 0 Å². The van der Waals surface area contributed by atoms with Crippen LogP contribution in [0.2, 0.25) is 0 Å². The van der Waals surface area contributed by atoms with E-state index >= 15 is 0 Å². The van der Waals surface area contributed by atoms with Crippen LogP contribution in [0.15, 0.2) is 12.5 Å². The van der Waals surface area contributed by atoms with Gasteiger partial charge < -0.3 is 10.1 Å². The smallest absolute Gasteiger partial charge is 0.216 e. The molecule has 0 saturated heterocycles. The Labute approximate surface area is 88.8 Å². The first kappa shape index (κ1) is 12.2. The number of aromatic amines is 1. The van der Waals surface area contributed by atoms with E-state index in [1.807, 2.05) is 0 Å². The number of nitrogens with one attached hydrogen (secondary N) is 2. The molecular formula is C8H15N3O3S. The van der Waals surface area contributed by atoms with Crippen molar-refractivity contribution in [2.75, 3.05) is 13.2 Å². The summed E-state index contributed by atoms with van der Waals surface area (Å²) in [6.07, 6.45) is 3.74. The van der Waals surface area contributed by atoms with Crippen molar-refractivity contribution in [3.63, 3.8) is 0 Å². The standard InChI is InChI=1S/C8H15N3O3S/c1-7(5-12)15(13,14)11-3-2-8-4-9-6-10-8/h4,6-7,11-12H,2-3,5H2,1H3,(H,9,10). The Morgan fingerprint density at radius 2 is 2.40 bits per heavy atom. The molecule has 0 bridgehead atoms. The number of hydrogen-bond donors (Lipinski definition) is 3. The normalized spacial score (nSPS) is 14.0. The lowest BCUT2D eigenvalue weighted by Crippen LogP contribution is -2.35. The van der Waals surface area contributed by atoms with Crippen molar-refractivity contribution < 1.29 is 13.5 Å². The van der Waals surface area contributed by atoms with E-state index < -0.39 is 15.3 Å². The molecule has 1 rings (SSSR count). The Bertz CT molecular complexity index is 374. The zero-order valence-electron chi connectivity index (χ0n) is 8.47. The quantitative estimate of drug-likeness (QED) is 0.602. The third-order valence-corrected chi connectivity index (χ3v) is 3.85. The van der Waals surface area contributed by atoms with Crippen molar-refractivity contribution in [1.29, 1.82) is 0 Å². The van der Waals surface area contributed by atoms with E-state index in [-0.39, 0.29) is 6.61 Å². The molecule has 3 N–H and O–H groups in total. The molecule has 0 saturated carbocycles. The number of aliphatic hydroxyl groups excluding tert-OH is 1. The van der Waals surface area contributed by atoms with E-state index in [2.05, 4.69) is 14.7 Å². The van der Waals surface area contributed by atoms with Gasteiger partial charge in [0.05, 0.1) is 18.2 Å². The van der Waals surface area contributed by atoms with Gasteiger partial charge >= 0.3 is 0 Å². The minimum atomic E-state index is -3.40. The van der Waals surface area contributed by atoms with Gasteiger partial charge in [0.25, 0.3) is 0 Å². The molecule has 1 aromatic rings. The van der Waals surface area contributed by atoms with Crippen LogP contribution >= 0.6 is 0 Å². The van der Waals surface area contributed by atoms with Crippen molar-refractivity contribution in [3.05, 3.63) is 18.2 Å². The number of aliphatic hydroxyl groups is 1. The summed E-state index contributed by atoms with van der Waals surface area (Å²) < 4.78 is 25.2. The molecule has 0 radical (unpaired) electrons. The van der Waals surface area contributed by atoms with Gasteiger partial charge in [0.2, 0.25) is 10.0 Å². The highest BCUT2D eigenvalue weighted by Crippen LogP contribution is 1.97. The maximum absolute atomic E-state index is 11.4. The van der Waals surface area contributed by atoms with E-state index in [0.29, 0.717) is 13.0 Å². The number of H-pyrrole nitrogens is 1. The highest BCUT2D eigenvalue weighted by molar-refractivity contribution is 7.90. The molecule has 7 heteroatoms. The summed E-state index contributed by atoms with van der Waals surface area (Å²) >= 11 is 0. The fourth-order valence-corrected chi connectivity index (χ4v) is 1.86. The first-order chi connectivity index (χ1) is 7.06. The van der Waals surface area contributed by atoms with E-state index in [4.69, 9.17) is 5.11 Å². The Balaban J connectivity index is 2.37. The first-order valence-corrected chi connectivity index (χ1v) is 6.17. The summed E-state index contributed by atoms with van der Waals surface area (Å²) in [4.78, 5) is 6.69. The molecule has 86 valence electrons. The minimum absolute atomic E-state index is 0.300. The zero-order chi connectivity index (χ0) is 11.3. The summed E-state index contributed by atoms with van der Waals surface area (Å²) in [6, 6.07) is 0. The molecule has 0 amide bonds. The van der Waals surface area contributed by atoms with Crippen molar-refractivity contribution >= 4 is 10.0 Å². The van der Waals surface area contributed by atoms with Gasteiger partial charge in [0.1, 0.15) is 0 Å². The topological polar surface area (TPSA) is 95.1 Å². The lowest BCUT2D eigenvalue weighted by atomic mass is 10.3. The fourth-order valence-electron chi connectivity index (χ4n) is 0.990. The van der Waals surface area contributed by atoms with Crippen LogP contribution in [0.4, 0.5) is 0 Å². The van der Waals surface area contributed by atoms with Gasteiger partial charge in [-0.2, -0.15) is 0 Å². The first-order valence-electron chi connectivity index (χ1n) is 4.63. The number of sulfonamides is 1. The number of hydrogen-bond acceptors (Lipinski definition) is 4. The maximum Gasteiger partial charge on any atom is 0.216 e. The molecule has 0 aliphatic carbocycles. The number of aromatic nitrogens is 2. The second-order valence-electron chi connectivity index (χ2n) is 3.26. The minimum Gasteiger partial charge on any atom is -0.395 e. The van der Waals surface area contributed by atoms with Crippen LogP contribution in [0.25, 0.3) is 0 Å². The molecule has 0 fully saturated rings. The van der Waals surface area contributed by atoms with Gasteiger partial charge in [-0.05, 0) is 6.92 Å². The van der Waals surface area contributed by atoms with Gasteiger partial charge in [-0.3, -0.25) is 0 Å². The zero-order valence-corrected chi connectivity index (χ0v) is 9.29. The van der Waals surface area contributed by atoms with E-state index in [1.54, 1.807) is 12.5 Å². The third-order valence-electron chi connectivity index (χ3n) is 2.04. The van der Waals surface area contributed by atoms with Crippen LogP contribution in [0.1, 0.15) is 12.6 Å². The maximum atomic E-state index is 11.4. The summed E-state index contributed by atoms with van der Waals surface area (Å²) in [5.41, 5.74) is 0.870. The SMILES string of the molecule is CC(CO)S(=O)(=O)NCCc1cnc[nH]1. The number of nitrogens with zero attached hydrogens (tertiary/aromatic N) is 1. The number of rotatable bonds is 6. The molecule has 1 unspecified atom stereocenters. The third kappa shape index (κ3) is 3.61. The molecule has 1 aromatic heterocycles. The second kappa shape index (κ2) is 5.24. The fraction of sp³-hybridized carbons (Fsp3) is 0.625. The van der Waals surface area contributed by atoms with Gasteiger partial charge in [-0.25, -0.2) is 18.1 Å². The average molecular weight is 233 g/mol. The average Bonchev–Trinajstić information content (AvgIpc) is 2.69. The summed E-state index contributed by atoms with van der Waals surface area (Å²) in [5, 5.41) is 7.94. The summed E-state index contributed by atoms with van der Waals surface area (Å²) in [5.74, 6) is 0. The summed E-state index contributed by atoms with van der Waals surface area (Å²) in [7, 11) is -3.40. The molecule has 1 heterocycles. The van der Waals surface area contributed by atoms with Crippen LogP contribution in [0.3, 0.4) is 0 Å². The monoisotopic (exact) mass is 233 g/mol. The molecule has 15 heavy (non-hydrogen) atoms. The van der Waals surface area contributed by atoms with Crippen LogP contribution < -0.4 is 4.72 Å². The summed E-state index contributed by atoms with van der Waals surface area (Å²) in [6.45, 7) is 1.38. The van der Waals surface area contributed by atoms with Crippen molar-refractivity contribution in [2.24, 2.45) is 0 Å². The van der Waals surface area contributed by atoms with Crippen molar-refractivity contribution in [2.45, 2.75) is 18.6 Å². The van der Waals surface area contributed by atoms with Crippen molar-refractivity contribution in [1.82, 2.24) is 14.7 Å². The highest BCUT2D eigenvalue weighted by atomic mass is 32.2.